The van der Waals surface area contributed by atoms with E-state index in [-0.39, 0.29) is 0 Å². The maximum absolute atomic E-state index is 6.11. The molecule has 12 heavy (non-hydrogen) atoms. The summed E-state index contributed by atoms with van der Waals surface area (Å²) < 4.78 is 0. The van der Waals surface area contributed by atoms with Crippen LogP contribution in [0.2, 0.25) is 0 Å². The first-order valence-electron chi connectivity index (χ1n) is 4.91. The van der Waals surface area contributed by atoms with Crippen LogP contribution in [0.5, 0.6) is 0 Å². The molecule has 2 atom stereocenters. The molecule has 0 amide bonds. The van der Waals surface area contributed by atoms with Crippen molar-refractivity contribution < 1.29 is 0 Å². The zero-order valence-corrected chi connectivity index (χ0v) is 9.06. The molecule has 70 valence electrons. The van der Waals surface area contributed by atoms with Gasteiger partial charge in [0.25, 0.3) is 0 Å². The van der Waals surface area contributed by atoms with Crippen molar-refractivity contribution >= 4 is 11.6 Å². The third-order valence-corrected chi connectivity index (χ3v) is 2.63. The van der Waals surface area contributed by atoms with Crippen LogP contribution in [0, 0.1) is 11.8 Å². The van der Waals surface area contributed by atoms with Gasteiger partial charge in [-0.3, -0.25) is 0 Å². The van der Waals surface area contributed by atoms with Gasteiger partial charge in [-0.1, -0.05) is 32.4 Å². The van der Waals surface area contributed by atoms with Crippen molar-refractivity contribution in [2.24, 2.45) is 11.8 Å². The van der Waals surface area contributed by atoms with E-state index in [1.54, 1.807) is 5.57 Å². The third-order valence-electron chi connectivity index (χ3n) is 2.33. The van der Waals surface area contributed by atoms with Crippen molar-refractivity contribution in [2.75, 3.05) is 0 Å². The van der Waals surface area contributed by atoms with Crippen LogP contribution in [-0.4, -0.2) is 5.38 Å². The van der Waals surface area contributed by atoms with Crippen molar-refractivity contribution in [3.8, 4) is 0 Å². The van der Waals surface area contributed by atoms with Crippen LogP contribution in [0.1, 0.15) is 40.0 Å². The maximum Gasteiger partial charge on any atom is 0.0521 e. The van der Waals surface area contributed by atoms with Gasteiger partial charge in [-0.05, 0) is 31.1 Å². The molecule has 0 radical (unpaired) electrons. The Morgan fingerprint density at radius 3 is 2.75 bits per heavy atom. The molecule has 0 saturated heterocycles. The molecule has 0 N–H and O–H groups in total. The minimum absolute atomic E-state index is 0.294. The van der Waals surface area contributed by atoms with Crippen molar-refractivity contribution in [1.29, 1.82) is 0 Å². The lowest BCUT2D eigenvalue weighted by Gasteiger charge is -2.23. The topological polar surface area (TPSA) is 0 Å². The van der Waals surface area contributed by atoms with Crippen LogP contribution >= 0.6 is 11.6 Å². The molecule has 2 unspecified atom stereocenters. The van der Waals surface area contributed by atoms with Gasteiger partial charge in [0.2, 0.25) is 0 Å². The second-order valence-electron chi connectivity index (χ2n) is 4.48. The molecule has 0 aromatic rings. The fraction of sp³-hybridized carbons (Fsp3) is 0.818. The van der Waals surface area contributed by atoms with Crippen LogP contribution in [0.3, 0.4) is 0 Å². The fourth-order valence-corrected chi connectivity index (χ4v) is 2.47. The second kappa shape index (κ2) is 4.32. The van der Waals surface area contributed by atoms with Crippen molar-refractivity contribution in [3.63, 3.8) is 0 Å². The van der Waals surface area contributed by atoms with E-state index in [9.17, 15) is 0 Å². The van der Waals surface area contributed by atoms with Crippen LogP contribution < -0.4 is 0 Å². The molecule has 0 bridgehead atoms. The summed E-state index contributed by atoms with van der Waals surface area (Å²) in [5.41, 5.74) is 1.57. The van der Waals surface area contributed by atoms with Gasteiger partial charge >= 0.3 is 0 Å². The average molecular weight is 187 g/mol. The Hall–Kier alpha value is 0.0300. The summed E-state index contributed by atoms with van der Waals surface area (Å²) in [6.45, 7) is 6.83. The molecule has 0 saturated carbocycles. The molecule has 0 spiro atoms. The number of allylic oxidation sites excluding steroid dienone is 2. The minimum Gasteiger partial charge on any atom is -0.118 e. The van der Waals surface area contributed by atoms with E-state index in [0.717, 1.165) is 18.3 Å². The molecule has 0 nitrogen and oxygen atoms in total. The highest BCUT2D eigenvalue weighted by atomic mass is 35.5. The molecule has 1 rings (SSSR count). The summed E-state index contributed by atoms with van der Waals surface area (Å²) in [7, 11) is 0. The van der Waals surface area contributed by atoms with Crippen LogP contribution in [0.4, 0.5) is 0 Å². The summed E-state index contributed by atoms with van der Waals surface area (Å²) in [6, 6.07) is 0. The molecule has 0 aliphatic heterocycles. The van der Waals surface area contributed by atoms with E-state index in [1.807, 2.05) is 0 Å². The average Bonchev–Trinajstić information content (AvgIpc) is 1.81. The molecule has 1 aliphatic rings. The SMILES string of the molecule is CC(C)CC1=CC(Cl)CC(C)C1. The number of hydrogen-bond donors (Lipinski definition) is 0. The van der Waals surface area contributed by atoms with Crippen LogP contribution in [-0.2, 0) is 0 Å². The Morgan fingerprint density at radius 2 is 2.25 bits per heavy atom. The predicted molar refractivity (Wildman–Crippen MR) is 55.6 cm³/mol. The van der Waals surface area contributed by atoms with Crippen molar-refractivity contribution in [3.05, 3.63) is 11.6 Å². The number of hydrogen-bond acceptors (Lipinski definition) is 0. The first kappa shape index (κ1) is 10.1. The molecule has 1 heteroatoms. The monoisotopic (exact) mass is 186 g/mol. The predicted octanol–water partition coefficient (Wildman–Crippen LogP) is 4.00. The summed E-state index contributed by atoms with van der Waals surface area (Å²) in [6.07, 6.45) is 5.92. The molecular weight excluding hydrogens is 168 g/mol. The van der Waals surface area contributed by atoms with Gasteiger partial charge in [-0.2, -0.15) is 0 Å². The van der Waals surface area contributed by atoms with Crippen LogP contribution in [0.15, 0.2) is 11.6 Å². The Kier molecular flexibility index (Phi) is 3.64. The van der Waals surface area contributed by atoms with E-state index in [0.29, 0.717) is 5.38 Å². The van der Waals surface area contributed by atoms with Gasteiger partial charge in [-0.25, -0.2) is 0 Å². The number of halogens is 1. The standard InChI is InChI=1S/C11H19Cl/c1-8(2)4-10-5-9(3)6-11(12)7-10/h7-9,11H,4-6H2,1-3H3. The Morgan fingerprint density at radius 1 is 1.58 bits per heavy atom. The summed E-state index contributed by atoms with van der Waals surface area (Å²) >= 11 is 6.11. The van der Waals surface area contributed by atoms with E-state index in [4.69, 9.17) is 11.6 Å². The van der Waals surface area contributed by atoms with E-state index in [1.165, 1.54) is 12.8 Å². The number of alkyl halides is 1. The smallest absolute Gasteiger partial charge is 0.0521 e. The highest BCUT2D eigenvalue weighted by Gasteiger charge is 2.17. The normalized spacial score (nSPS) is 30.6. The Balaban J connectivity index is 2.51. The summed E-state index contributed by atoms with van der Waals surface area (Å²) in [5, 5.41) is 0.294. The first-order chi connectivity index (χ1) is 5.58. The molecule has 0 aromatic heterocycles. The molecule has 0 heterocycles. The van der Waals surface area contributed by atoms with Crippen molar-refractivity contribution in [1.82, 2.24) is 0 Å². The molecule has 0 fully saturated rings. The highest BCUT2D eigenvalue weighted by Crippen LogP contribution is 2.30. The Bertz CT molecular complexity index is 170. The second-order valence-corrected chi connectivity index (χ2v) is 5.04. The first-order valence-corrected chi connectivity index (χ1v) is 5.35. The highest BCUT2D eigenvalue weighted by molar-refractivity contribution is 6.21. The lowest BCUT2D eigenvalue weighted by atomic mass is 9.86. The zero-order valence-electron chi connectivity index (χ0n) is 8.31. The van der Waals surface area contributed by atoms with Crippen molar-refractivity contribution in [2.45, 2.75) is 45.4 Å². The molecule has 1 aliphatic carbocycles. The Labute approximate surface area is 81.0 Å². The van der Waals surface area contributed by atoms with E-state index < -0.39 is 0 Å². The fourth-order valence-electron chi connectivity index (χ4n) is 1.98. The van der Waals surface area contributed by atoms with Gasteiger partial charge < -0.3 is 0 Å². The van der Waals surface area contributed by atoms with E-state index >= 15 is 0 Å². The lowest BCUT2D eigenvalue weighted by Crippen LogP contribution is -2.12. The van der Waals surface area contributed by atoms with Gasteiger partial charge in [0, 0.05) is 0 Å². The summed E-state index contributed by atoms with van der Waals surface area (Å²) in [4.78, 5) is 0. The number of rotatable bonds is 2. The molecular formula is C11H19Cl. The minimum atomic E-state index is 0.294. The molecule has 0 aromatic carbocycles. The quantitative estimate of drug-likeness (QED) is 0.452. The van der Waals surface area contributed by atoms with Gasteiger partial charge in [-0.15, -0.1) is 11.6 Å². The zero-order chi connectivity index (χ0) is 9.14. The van der Waals surface area contributed by atoms with Gasteiger partial charge in [0.1, 0.15) is 0 Å². The lowest BCUT2D eigenvalue weighted by molar-refractivity contribution is 0.485. The third kappa shape index (κ3) is 3.18. The van der Waals surface area contributed by atoms with Crippen LogP contribution in [0.25, 0.3) is 0 Å². The van der Waals surface area contributed by atoms with Gasteiger partial charge in [0.05, 0.1) is 5.38 Å². The maximum atomic E-state index is 6.11. The van der Waals surface area contributed by atoms with E-state index in [2.05, 4.69) is 26.8 Å². The van der Waals surface area contributed by atoms with Gasteiger partial charge in [0.15, 0.2) is 0 Å². The summed E-state index contributed by atoms with van der Waals surface area (Å²) in [5.74, 6) is 1.55. The largest absolute Gasteiger partial charge is 0.118 e.